The number of hydrogen-bond acceptors (Lipinski definition) is 3. The molecule has 0 amide bonds. The third kappa shape index (κ3) is 2.64. The molecular formula is C10H12O2S. The second-order valence-corrected chi connectivity index (χ2v) is 4.31. The Morgan fingerprint density at radius 2 is 2.46 bits per heavy atom. The summed E-state index contributed by atoms with van der Waals surface area (Å²) in [5.74, 6) is 0.840. The summed E-state index contributed by atoms with van der Waals surface area (Å²) >= 11 is 1.48. The van der Waals surface area contributed by atoms with Crippen molar-refractivity contribution in [1.29, 1.82) is 0 Å². The zero-order chi connectivity index (χ0) is 9.10. The van der Waals surface area contributed by atoms with Gasteiger partial charge in [-0.1, -0.05) is 6.07 Å². The van der Waals surface area contributed by atoms with Gasteiger partial charge >= 0.3 is 0 Å². The number of ketones is 1. The molecular weight excluding hydrogens is 184 g/mol. The van der Waals surface area contributed by atoms with Crippen molar-refractivity contribution in [3.8, 4) is 0 Å². The summed E-state index contributed by atoms with van der Waals surface area (Å²) in [6.07, 6.45) is 2.54. The SMILES string of the molecule is O=C(COCC1CC1)c1cccs1. The number of carbonyl (C=O) groups is 1. The first kappa shape index (κ1) is 8.91. The van der Waals surface area contributed by atoms with Gasteiger partial charge in [-0.2, -0.15) is 0 Å². The molecule has 1 aromatic rings. The van der Waals surface area contributed by atoms with Gasteiger partial charge in [0.2, 0.25) is 0 Å². The third-order valence-corrected chi connectivity index (χ3v) is 2.99. The van der Waals surface area contributed by atoms with E-state index in [-0.39, 0.29) is 12.4 Å². The zero-order valence-corrected chi connectivity index (χ0v) is 8.18. The molecule has 0 unspecified atom stereocenters. The van der Waals surface area contributed by atoms with Crippen LogP contribution in [0.3, 0.4) is 0 Å². The highest BCUT2D eigenvalue weighted by Crippen LogP contribution is 2.28. The Labute approximate surface area is 81.5 Å². The fourth-order valence-corrected chi connectivity index (χ4v) is 1.76. The van der Waals surface area contributed by atoms with E-state index in [1.807, 2.05) is 17.5 Å². The van der Waals surface area contributed by atoms with Crippen molar-refractivity contribution in [3.05, 3.63) is 22.4 Å². The standard InChI is InChI=1S/C10H12O2S/c11-9(10-2-1-5-13-10)7-12-6-8-3-4-8/h1-2,5,8H,3-4,6-7H2. The molecule has 1 aliphatic carbocycles. The third-order valence-electron chi connectivity index (χ3n) is 2.08. The Balaban J connectivity index is 1.71. The predicted molar refractivity (Wildman–Crippen MR) is 52.2 cm³/mol. The van der Waals surface area contributed by atoms with Gasteiger partial charge in [0.25, 0.3) is 0 Å². The van der Waals surface area contributed by atoms with Crippen LogP contribution in [0.4, 0.5) is 0 Å². The summed E-state index contributed by atoms with van der Waals surface area (Å²) in [5.41, 5.74) is 0. The minimum absolute atomic E-state index is 0.107. The highest BCUT2D eigenvalue weighted by molar-refractivity contribution is 7.12. The molecule has 1 saturated carbocycles. The Morgan fingerprint density at radius 3 is 3.08 bits per heavy atom. The number of thiophene rings is 1. The Kier molecular flexibility index (Phi) is 2.76. The summed E-state index contributed by atoms with van der Waals surface area (Å²) in [5, 5.41) is 1.91. The van der Waals surface area contributed by atoms with E-state index >= 15 is 0 Å². The predicted octanol–water partition coefficient (Wildman–Crippen LogP) is 2.36. The molecule has 1 fully saturated rings. The normalized spacial score (nSPS) is 16.0. The maximum atomic E-state index is 11.4. The first-order valence-electron chi connectivity index (χ1n) is 4.50. The van der Waals surface area contributed by atoms with E-state index in [0.29, 0.717) is 0 Å². The van der Waals surface area contributed by atoms with E-state index in [0.717, 1.165) is 17.4 Å². The van der Waals surface area contributed by atoms with Crippen LogP contribution in [0.5, 0.6) is 0 Å². The lowest BCUT2D eigenvalue weighted by Crippen LogP contribution is -2.08. The summed E-state index contributed by atoms with van der Waals surface area (Å²) in [7, 11) is 0. The van der Waals surface area contributed by atoms with E-state index in [1.165, 1.54) is 24.2 Å². The number of hydrogen-bond donors (Lipinski definition) is 0. The van der Waals surface area contributed by atoms with Crippen LogP contribution < -0.4 is 0 Å². The minimum Gasteiger partial charge on any atom is -0.373 e. The van der Waals surface area contributed by atoms with Crippen molar-refractivity contribution < 1.29 is 9.53 Å². The van der Waals surface area contributed by atoms with Gasteiger partial charge in [0.05, 0.1) is 11.5 Å². The van der Waals surface area contributed by atoms with Crippen molar-refractivity contribution in [3.63, 3.8) is 0 Å². The van der Waals surface area contributed by atoms with Crippen LogP contribution in [0.1, 0.15) is 22.5 Å². The quantitative estimate of drug-likeness (QED) is 0.676. The molecule has 3 heteroatoms. The summed E-state index contributed by atoms with van der Waals surface area (Å²) in [6, 6.07) is 3.73. The van der Waals surface area contributed by atoms with Crippen molar-refractivity contribution >= 4 is 17.1 Å². The van der Waals surface area contributed by atoms with Gasteiger partial charge in [-0.05, 0) is 30.2 Å². The van der Waals surface area contributed by atoms with E-state index < -0.39 is 0 Å². The van der Waals surface area contributed by atoms with E-state index in [9.17, 15) is 4.79 Å². The lowest BCUT2D eigenvalue weighted by Gasteiger charge is -1.99. The Hall–Kier alpha value is -0.670. The van der Waals surface area contributed by atoms with Crippen LogP contribution >= 0.6 is 11.3 Å². The van der Waals surface area contributed by atoms with Crippen LogP contribution in [-0.2, 0) is 4.74 Å². The van der Waals surface area contributed by atoms with Gasteiger partial charge < -0.3 is 4.74 Å². The van der Waals surface area contributed by atoms with Crippen molar-refractivity contribution in [2.24, 2.45) is 5.92 Å². The van der Waals surface area contributed by atoms with Gasteiger partial charge in [0, 0.05) is 0 Å². The molecule has 0 atom stereocenters. The fraction of sp³-hybridized carbons (Fsp3) is 0.500. The van der Waals surface area contributed by atoms with Crippen LogP contribution in [0, 0.1) is 5.92 Å². The number of rotatable bonds is 5. The molecule has 70 valence electrons. The maximum Gasteiger partial charge on any atom is 0.198 e. The van der Waals surface area contributed by atoms with Crippen LogP contribution in [0.15, 0.2) is 17.5 Å². The molecule has 0 radical (unpaired) electrons. The van der Waals surface area contributed by atoms with Crippen LogP contribution in [0.2, 0.25) is 0 Å². The molecule has 0 aromatic carbocycles. The van der Waals surface area contributed by atoms with E-state index in [4.69, 9.17) is 4.74 Å². The summed E-state index contributed by atoms with van der Waals surface area (Å²) < 4.78 is 5.30. The summed E-state index contributed by atoms with van der Waals surface area (Å²) in [4.78, 5) is 12.2. The largest absolute Gasteiger partial charge is 0.373 e. The number of Topliss-reactive ketones (excluding diaryl/α,β-unsaturated/α-hetero) is 1. The second kappa shape index (κ2) is 4.03. The molecule has 1 aromatic heterocycles. The molecule has 2 nitrogen and oxygen atoms in total. The molecule has 13 heavy (non-hydrogen) atoms. The lowest BCUT2D eigenvalue weighted by atomic mass is 10.3. The first-order valence-corrected chi connectivity index (χ1v) is 5.38. The summed E-state index contributed by atoms with van der Waals surface area (Å²) in [6.45, 7) is 1.01. The highest BCUT2D eigenvalue weighted by Gasteiger charge is 2.21. The molecule has 0 bridgehead atoms. The van der Waals surface area contributed by atoms with Gasteiger partial charge in [-0.15, -0.1) is 11.3 Å². The molecule has 0 saturated heterocycles. The lowest BCUT2D eigenvalue weighted by molar-refractivity contribution is 0.0744. The second-order valence-electron chi connectivity index (χ2n) is 3.36. The number of carbonyl (C=O) groups excluding carboxylic acids is 1. The minimum atomic E-state index is 0.107. The highest BCUT2D eigenvalue weighted by atomic mass is 32.1. The van der Waals surface area contributed by atoms with Gasteiger partial charge in [0.1, 0.15) is 6.61 Å². The molecule has 1 heterocycles. The van der Waals surface area contributed by atoms with Gasteiger partial charge in [-0.3, -0.25) is 4.79 Å². The smallest absolute Gasteiger partial charge is 0.198 e. The van der Waals surface area contributed by atoms with E-state index in [2.05, 4.69) is 0 Å². The maximum absolute atomic E-state index is 11.4. The van der Waals surface area contributed by atoms with Gasteiger partial charge in [0.15, 0.2) is 5.78 Å². The number of ether oxygens (including phenoxy) is 1. The first-order chi connectivity index (χ1) is 6.36. The van der Waals surface area contributed by atoms with Crippen LogP contribution in [-0.4, -0.2) is 19.0 Å². The average Bonchev–Trinajstić information content (AvgIpc) is 2.80. The monoisotopic (exact) mass is 196 g/mol. The molecule has 2 rings (SSSR count). The zero-order valence-electron chi connectivity index (χ0n) is 7.36. The van der Waals surface area contributed by atoms with Crippen molar-refractivity contribution in [2.45, 2.75) is 12.8 Å². The molecule has 0 N–H and O–H groups in total. The average molecular weight is 196 g/mol. The molecule has 0 spiro atoms. The Morgan fingerprint density at radius 1 is 1.62 bits per heavy atom. The van der Waals surface area contributed by atoms with E-state index in [1.54, 1.807) is 0 Å². The van der Waals surface area contributed by atoms with Crippen molar-refractivity contribution in [1.82, 2.24) is 0 Å². The fourth-order valence-electron chi connectivity index (χ4n) is 1.11. The topological polar surface area (TPSA) is 26.3 Å². The molecule has 1 aliphatic rings. The van der Waals surface area contributed by atoms with Gasteiger partial charge in [-0.25, -0.2) is 0 Å². The van der Waals surface area contributed by atoms with Crippen LogP contribution in [0.25, 0.3) is 0 Å². The van der Waals surface area contributed by atoms with Crippen molar-refractivity contribution in [2.75, 3.05) is 13.2 Å². The molecule has 0 aliphatic heterocycles. The Bertz CT molecular complexity index is 275.